The molecule has 0 bridgehead atoms. The molecule has 1 radical (unpaired) electrons. The van der Waals surface area contributed by atoms with E-state index < -0.39 is 0 Å². The topological polar surface area (TPSA) is 23.8 Å². The fraction of sp³-hybridized carbons (Fsp3) is 1.00. The summed E-state index contributed by atoms with van der Waals surface area (Å²) in [5, 5.41) is 0. The summed E-state index contributed by atoms with van der Waals surface area (Å²) in [5.41, 5.74) is 6.58. The summed E-state index contributed by atoms with van der Waals surface area (Å²) in [5.74, 6) is 0. The minimum absolute atomic E-state index is 0. The first-order valence-corrected chi connectivity index (χ1v) is 1.44. The third kappa shape index (κ3) is 127. The molecule has 0 spiro atoms. The van der Waals surface area contributed by atoms with Crippen LogP contribution in [0.15, 0.2) is 0 Å². The van der Waals surface area contributed by atoms with E-state index in [1.807, 2.05) is 13.8 Å². The van der Waals surface area contributed by atoms with Crippen LogP contribution in [0.3, 0.4) is 0 Å². The van der Waals surface area contributed by atoms with E-state index in [1.165, 1.54) is 0 Å². The molecule has 0 fully saturated rings. The Balaban J connectivity index is -0.0000000150. The molecule has 0 unspecified atom stereocenters. The molecular weight excluding hydrogens is 169 g/mol. The molecule has 0 aromatic carbocycles. The minimum Gasteiger partial charge on any atom is -1.00 e. The molecule has 0 saturated carbocycles. The van der Waals surface area contributed by atoms with Crippen molar-refractivity contribution >= 4 is 0 Å². The molecule has 0 rings (SSSR count). The van der Waals surface area contributed by atoms with Crippen LogP contribution in [0.25, 0.3) is 5.73 Å². The molecule has 0 amide bonds. The maximum Gasteiger partial charge on any atom is 3.00 e. The van der Waals surface area contributed by atoms with Crippen molar-refractivity contribution in [3.05, 3.63) is 5.73 Å². The first-order valence-electron chi connectivity index (χ1n) is 1.44. The van der Waals surface area contributed by atoms with Gasteiger partial charge in [0.25, 0.3) is 0 Å². The SMILES string of the molecule is CC(C)[NH-].[Cl-].[Cl-].[Ti+3]. The monoisotopic (exact) mass is 176 g/mol. The van der Waals surface area contributed by atoms with E-state index >= 15 is 0 Å². The largest absolute Gasteiger partial charge is 3.00 e. The second kappa shape index (κ2) is 15.7. The van der Waals surface area contributed by atoms with E-state index in [4.69, 9.17) is 5.73 Å². The van der Waals surface area contributed by atoms with Crippen molar-refractivity contribution in [3.63, 3.8) is 0 Å². The van der Waals surface area contributed by atoms with Crippen LogP contribution in [-0.2, 0) is 21.7 Å². The molecular formula is C3H8Cl2NTi. The zero-order valence-corrected chi connectivity index (χ0v) is 7.41. The Hall–Kier alpha value is 1.25. The molecule has 0 aromatic heterocycles. The van der Waals surface area contributed by atoms with Crippen molar-refractivity contribution in [1.82, 2.24) is 0 Å². The van der Waals surface area contributed by atoms with Gasteiger partial charge in [-0.05, 0) is 0 Å². The van der Waals surface area contributed by atoms with Crippen molar-refractivity contribution in [2.75, 3.05) is 0 Å². The Bertz CT molecular complexity index is 17.7. The van der Waals surface area contributed by atoms with Gasteiger partial charge < -0.3 is 30.5 Å². The summed E-state index contributed by atoms with van der Waals surface area (Å²) in [6.07, 6.45) is 0. The third-order valence-corrected chi connectivity index (χ3v) is 0. The average Bonchev–Trinajstić information content (AvgIpc) is 0.811. The van der Waals surface area contributed by atoms with Crippen molar-refractivity contribution in [1.29, 1.82) is 0 Å². The van der Waals surface area contributed by atoms with Gasteiger partial charge in [-0.3, -0.25) is 0 Å². The van der Waals surface area contributed by atoms with Gasteiger partial charge in [-0.25, -0.2) is 0 Å². The first kappa shape index (κ1) is 24.0. The summed E-state index contributed by atoms with van der Waals surface area (Å²) >= 11 is 0. The Morgan fingerprint density at radius 1 is 1.14 bits per heavy atom. The second-order valence-electron chi connectivity index (χ2n) is 1.15. The van der Waals surface area contributed by atoms with Gasteiger partial charge in [-0.2, -0.15) is 0 Å². The maximum absolute atomic E-state index is 6.58. The number of halogens is 2. The van der Waals surface area contributed by atoms with Gasteiger partial charge in [0.1, 0.15) is 0 Å². The Labute approximate surface area is 72.1 Å². The molecule has 0 aliphatic carbocycles. The summed E-state index contributed by atoms with van der Waals surface area (Å²) in [4.78, 5) is 0. The normalized spacial score (nSPS) is 5.14. The van der Waals surface area contributed by atoms with Crippen molar-refractivity contribution in [2.45, 2.75) is 19.9 Å². The average molecular weight is 177 g/mol. The molecule has 1 N–H and O–H groups in total. The van der Waals surface area contributed by atoms with Crippen LogP contribution < -0.4 is 24.8 Å². The van der Waals surface area contributed by atoms with Crippen LogP contribution in [0.5, 0.6) is 0 Å². The quantitative estimate of drug-likeness (QED) is 0.333. The molecule has 0 aromatic rings. The summed E-state index contributed by atoms with van der Waals surface area (Å²) in [7, 11) is 0. The molecule has 0 aliphatic heterocycles. The van der Waals surface area contributed by atoms with E-state index in [9.17, 15) is 0 Å². The van der Waals surface area contributed by atoms with Crippen LogP contribution >= 0.6 is 0 Å². The Morgan fingerprint density at radius 2 is 1.14 bits per heavy atom. The molecule has 0 saturated heterocycles. The van der Waals surface area contributed by atoms with E-state index in [-0.39, 0.29) is 52.6 Å². The smallest absolute Gasteiger partial charge is 1.00 e. The van der Waals surface area contributed by atoms with E-state index in [1.54, 1.807) is 0 Å². The number of rotatable bonds is 0. The zero-order chi connectivity index (χ0) is 3.58. The molecule has 1 nitrogen and oxygen atoms in total. The summed E-state index contributed by atoms with van der Waals surface area (Å²) < 4.78 is 0. The maximum atomic E-state index is 6.58. The fourth-order valence-corrected chi connectivity index (χ4v) is 0. The predicted molar refractivity (Wildman–Crippen MR) is 19.5 cm³/mol. The van der Waals surface area contributed by atoms with Gasteiger partial charge in [-0.15, -0.1) is 6.04 Å². The van der Waals surface area contributed by atoms with Gasteiger partial charge in [-0.1, -0.05) is 13.8 Å². The van der Waals surface area contributed by atoms with Crippen LogP contribution in [0, 0.1) is 0 Å². The standard InChI is InChI=1S/C3H8N.2ClH.Ti/c1-3(2)4;;;/h3-4H,1-2H3;2*1H;/q-1;;;+3/p-2. The molecule has 0 heterocycles. The van der Waals surface area contributed by atoms with Gasteiger partial charge in [0, 0.05) is 0 Å². The Morgan fingerprint density at radius 3 is 1.14 bits per heavy atom. The van der Waals surface area contributed by atoms with Crippen molar-refractivity contribution in [3.8, 4) is 0 Å². The Kier molecular flexibility index (Phi) is 53.8. The molecule has 43 valence electrons. The number of hydrogen-bond donors (Lipinski definition) is 0. The molecule has 0 atom stereocenters. The minimum atomic E-state index is 0. The number of hydrogen-bond acceptors (Lipinski definition) is 0. The summed E-state index contributed by atoms with van der Waals surface area (Å²) in [6.45, 7) is 3.67. The van der Waals surface area contributed by atoms with Gasteiger partial charge in [0.2, 0.25) is 0 Å². The van der Waals surface area contributed by atoms with Crippen molar-refractivity contribution in [2.24, 2.45) is 0 Å². The molecule has 0 aliphatic rings. The second-order valence-corrected chi connectivity index (χ2v) is 1.15. The van der Waals surface area contributed by atoms with E-state index in [0.29, 0.717) is 0 Å². The van der Waals surface area contributed by atoms with Crippen LogP contribution in [-0.4, -0.2) is 6.04 Å². The van der Waals surface area contributed by atoms with Crippen LogP contribution in [0.2, 0.25) is 0 Å². The van der Waals surface area contributed by atoms with Crippen LogP contribution in [0.4, 0.5) is 0 Å². The van der Waals surface area contributed by atoms with Crippen molar-refractivity contribution < 1.29 is 46.5 Å². The molecule has 7 heavy (non-hydrogen) atoms. The zero-order valence-electron chi connectivity index (χ0n) is 4.33. The van der Waals surface area contributed by atoms with Crippen LogP contribution in [0.1, 0.15) is 13.8 Å². The number of nitrogens with one attached hydrogen (secondary N) is 1. The van der Waals surface area contributed by atoms with E-state index in [0.717, 1.165) is 0 Å². The molecule has 4 heteroatoms. The van der Waals surface area contributed by atoms with E-state index in [2.05, 4.69) is 0 Å². The fourth-order valence-electron chi connectivity index (χ4n) is 0. The third-order valence-electron chi connectivity index (χ3n) is 0. The first-order chi connectivity index (χ1) is 1.73. The van der Waals surface area contributed by atoms with Gasteiger partial charge in [0.05, 0.1) is 0 Å². The predicted octanol–water partition coefficient (Wildman–Crippen LogP) is -4.55. The summed E-state index contributed by atoms with van der Waals surface area (Å²) in [6, 6.07) is 0.0833. The van der Waals surface area contributed by atoms with Gasteiger partial charge >= 0.3 is 21.7 Å². The van der Waals surface area contributed by atoms with Gasteiger partial charge in [0.15, 0.2) is 0 Å².